The van der Waals surface area contributed by atoms with Crippen molar-refractivity contribution in [2.75, 3.05) is 17.7 Å². The number of rotatable bonds is 6. The molecule has 7 nitrogen and oxygen atoms in total. The summed E-state index contributed by atoms with van der Waals surface area (Å²) in [6.45, 7) is 3.52. The van der Waals surface area contributed by atoms with Gasteiger partial charge in [-0.2, -0.15) is 10.1 Å². The number of ether oxygens (including phenoxy) is 1. The van der Waals surface area contributed by atoms with E-state index in [0.717, 1.165) is 16.9 Å². The zero-order chi connectivity index (χ0) is 18.5. The first-order valence-electron chi connectivity index (χ1n) is 8.04. The predicted molar refractivity (Wildman–Crippen MR) is 101 cm³/mol. The molecule has 0 bridgehead atoms. The fourth-order valence-corrected chi connectivity index (χ4v) is 2.42. The summed E-state index contributed by atoms with van der Waals surface area (Å²) >= 11 is 0. The summed E-state index contributed by atoms with van der Waals surface area (Å²) in [6.07, 6.45) is 1.51. The van der Waals surface area contributed by atoms with Gasteiger partial charge in [-0.1, -0.05) is 18.2 Å². The molecule has 26 heavy (non-hydrogen) atoms. The third kappa shape index (κ3) is 4.13. The molecule has 0 saturated heterocycles. The SMILES string of the molecule is COc1ccc(C)cc1Nc1nncc(Nc2cccc(C(C)=O)c2)n1. The summed E-state index contributed by atoms with van der Waals surface area (Å²) in [5, 5.41) is 14.2. The molecule has 0 aliphatic heterocycles. The van der Waals surface area contributed by atoms with E-state index in [0.29, 0.717) is 23.1 Å². The molecule has 0 radical (unpaired) electrons. The summed E-state index contributed by atoms with van der Waals surface area (Å²) in [4.78, 5) is 15.9. The van der Waals surface area contributed by atoms with Gasteiger partial charge < -0.3 is 15.4 Å². The molecule has 132 valence electrons. The lowest BCUT2D eigenvalue weighted by Crippen LogP contribution is -2.04. The summed E-state index contributed by atoms with van der Waals surface area (Å²) in [6, 6.07) is 13.0. The van der Waals surface area contributed by atoms with Crippen molar-refractivity contribution in [1.82, 2.24) is 15.2 Å². The van der Waals surface area contributed by atoms with Crippen LogP contribution in [0.3, 0.4) is 0 Å². The lowest BCUT2D eigenvalue weighted by molar-refractivity contribution is 0.101. The van der Waals surface area contributed by atoms with Crippen LogP contribution in [0.25, 0.3) is 0 Å². The van der Waals surface area contributed by atoms with E-state index in [1.54, 1.807) is 19.2 Å². The number of nitrogens with zero attached hydrogens (tertiary/aromatic N) is 3. The van der Waals surface area contributed by atoms with Gasteiger partial charge >= 0.3 is 0 Å². The number of ketones is 1. The lowest BCUT2D eigenvalue weighted by atomic mass is 10.1. The Balaban J connectivity index is 1.82. The quantitative estimate of drug-likeness (QED) is 0.653. The Hall–Kier alpha value is -3.48. The van der Waals surface area contributed by atoms with Crippen LogP contribution in [0.5, 0.6) is 5.75 Å². The lowest BCUT2D eigenvalue weighted by Gasteiger charge is -2.11. The minimum atomic E-state index is 0.00311. The summed E-state index contributed by atoms with van der Waals surface area (Å²) in [7, 11) is 1.61. The number of hydrogen-bond donors (Lipinski definition) is 2. The van der Waals surface area contributed by atoms with Crippen molar-refractivity contribution in [3.8, 4) is 5.75 Å². The zero-order valence-electron chi connectivity index (χ0n) is 14.8. The largest absolute Gasteiger partial charge is 0.495 e. The second kappa shape index (κ2) is 7.60. The van der Waals surface area contributed by atoms with Crippen LogP contribution in [-0.4, -0.2) is 28.1 Å². The van der Waals surface area contributed by atoms with E-state index < -0.39 is 0 Å². The summed E-state index contributed by atoms with van der Waals surface area (Å²) in [5.74, 6) is 1.53. The molecule has 3 aromatic rings. The van der Waals surface area contributed by atoms with E-state index in [1.165, 1.54) is 13.1 Å². The van der Waals surface area contributed by atoms with E-state index in [-0.39, 0.29) is 5.78 Å². The van der Waals surface area contributed by atoms with E-state index in [1.807, 2.05) is 37.3 Å². The van der Waals surface area contributed by atoms with Crippen LogP contribution < -0.4 is 15.4 Å². The molecular formula is C19H19N5O2. The Bertz CT molecular complexity index is 943. The molecule has 0 unspecified atom stereocenters. The first kappa shape index (κ1) is 17.3. The topological polar surface area (TPSA) is 89.0 Å². The first-order valence-corrected chi connectivity index (χ1v) is 8.04. The first-order chi connectivity index (χ1) is 12.5. The highest BCUT2D eigenvalue weighted by molar-refractivity contribution is 5.95. The highest BCUT2D eigenvalue weighted by atomic mass is 16.5. The number of Topliss-reactive ketones (excluding diaryl/α,β-unsaturated/α-hetero) is 1. The number of nitrogens with one attached hydrogen (secondary N) is 2. The van der Waals surface area contributed by atoms with Gasteiger partial charge in [-0.05, 0) is 43.7 Å². The van der Waals surface area contributed by atoms with Gasteiger partial charge in [0.05, 0.1) is 19.0 Å². The minimum absolute atomic E-state index is 0.00311. The number of benzene rings is 2. The second-order valence-corrected chi connectivity index (χ2v) is 5.76. The summed E-state index contributed by atoms with van der Waals surface area (Å²) in [5.41, 5.74) is 3.21. The fraction of sp³-hybridized carbons (Fsp3) is 0.158. The van der Waals surface area contributed by atoms with Crippen LogP contribution in [0.2, 0.25) is 0 Å². The molecule has 0 aliphatic rings. The molecule has 0 amide bonds. The second-order valence-electron chi connectivity index (χ2n) is 5.76. The highest BCUT2D eigenvalue weighted by Crippen LogP contribution is 2.27. The van der Waals surface area contributed by atoms with Crippen molar-refractivity contribution in [2.45, 2.75) is 13.8 Å². The molecule has 0 saturated carbocycles. The van der Waals surface area contributed by atoms with Crippen molar-refractivity contribution in [3.63, 3.8) is 0 Å². The minimum Gasteiger partial charge on any atom is -0.495 e. The maximum Gasteiger partial charge on any atom is 0.249 e. The van der Waals surface area contributed by atoms with Crippen LogP contribution in [-0.2, 0) is 0 Å². The number of aromatic nitrogens is 3. The number of carbonyl (C=O) groups is 1. The van der Waals surface area contributed by atoms with Crippen LogP contribution >= 0.6 is 0 Å². The molecule has 0 atom stereocenters. The van der Waals surface area contributed by atoms with Crippen LogP contribution in [0.15, 0.2) is 48.7 Å². The number of carbonyl (C=O) groups excluding carboxylic acids is 1. The molecule has 3 rings (SSSR count). The van der Waals surface area contributed by atoms with Crippen molar-refractivity contribution in [1.29, 1.82) is 0 Å². The van der Waals surface area contributed by atoms with Gasteiger partial charge in [-0.25, -0.2) is 0 Å². The van der Waals surface area contributed by atoms with Gasteiger partial charge in [0.1, 0.15) is 5.75 Å². The zero-order valence-corrected chi connectivity index (χ0v) is 14.8. The normalized spacial score (nSPS) is 10.3. The van der Waals surface area contributed by atoms with Crippen molar-refractivity contribution < 1.29 is 9.53 Å². The van der Waals surface area contributed by atoms with Crippen LogP contribution in [0.4, 0.5) is 23.1 Å². The number of hydrogen-bond acceptors (Lipinski definition) is 7. The molecule has 0 fully saturated rings. The number of methoxy groups -OCH3 is 1. The molecule has 0 aliphatic carbocycles. The third-order valence-corrected chi connectivity index (χ3v) is 3.70. The fourth-order valence-electron chi connectivity index (χ4n) is 2.42. The van der Waals surface area contributed by atoms with Crippen LogP contribution in [0, 0.1) is 6.92 Å². The molecule has 2 N–H and O–H groups in total. The Morgan fingerprint density at radius 3 is 2.73 bits per heavy atom. The standard InChI is InChI=1S/C19H19N5O2/c1-12-7-8-17(26-3)16(9-12)22-19-23-18(11-20-24-19)21-15-6-4-5-14(10-15)13(2)25/h4-11H,1-3H3,(H2,21,22,23,24). The van der Waals surface area contributed by atoms with Crippen molar-refractivity contribution >= 4 is 28.9 Å². The Morgan fingerprint density at radius 1 is 1.12 bits per heavy atom. The van der Waals surface area contributed by atoms with Crippen LogP contribution in [0.1, 0.15) is 22.8 Å². The third-order valence-electron chi connectivity index (χ3n) is 3.70. The van der Waals surface area contributed by atoms with Gasteiger partial charge in [0.2, 0.25) is 5.95 Å². The monoisotopic (exact) mass is 349 g/mol. The van der Waals surface area contributed by atoms with Crippen molar-refractivity contribution in [3.05, 3.63) is 59.8 Å². The van der Waals surface area contributed by atoms with Gasteiger partial charge in [0.25, 0.3) is 0 Å². The molecule has 0 spiro atoms. The van der Waals surface area contributed by atoms with Gasteiger partial charge in [0.15, 0.2) is 11.6 Å². The Kier molecular flexibility index (Phi) is 5.07. The van der Waals surface area contributed by atoms with Gasteiger partial charge in [0, 0.05) is 11.3 Å². The highest BCUT2D eigenvalue weighted by Gasteiger charge is 2.07. The molecule has 7 heteroatoms. The number of anilines is 4. The van der Waals surface area contributed by atoms with Crippen molar-refractivity contribution in [2.24, 2.45) is 0 Å². The average molecular weight is 349 g/mol. The average Bonchev–Trinajstić information content (AvgIpc) is 2.62. The van der Waals surface area contributed by atoms with Gasteiger partial charge in [-0.15, -0.1) is 5.10 Å². The maximum absolute atomic E-state index is 11.5. The van der Waals surface area contributed by atoms with E-state index in [4.69, 9.17) is 4.74 Å². The van der Waals surface area contributed by atoms with E-state index in [2.05, 4.69) is 25.8 Å². The predicted octanol–water partition coefficient (Wildman–Crippen LogP) is 3.88. The maximum atomic E-state index is 11.5. The number of aryl methyl sites for hydroxylation is 1. The molecule has 2 aromatic carbocycles. The molecule has 1 heterocycles. The molecular weight excluding hydrogens is 330 g/mol. The van der Waals surface area contributed by atoms with Gasteiger partial charge in [-0.3, -0.25) is 4.79 Å². The molecule has 1 aromatic heterocycles. The Morgan fingerprint density at radius 2 is 1.96 bits per heavy atom. The smallest absolute Gasteiger partial charge is 0.249 e. The Labute approximate surface area is 151 Å². The van der Waals surface area contributed by atoms with E-state index in [9.17, 15) is 4.79 Å². The summed E-state index contributed by atoms with van der Waals surface area (Å²) < 4.78 is 5.35. The van der Waals surface area contributed by atoms with E-state index >= 15 is 0 Å².